The van der Waals surface area contributed by atoms with Crippen molar-refractivity contribution >= 4 is 5.91 Å². The molecule has 80 valence electrons. The Morgan fingerprint density at radius 3 is 2.71 bits per heavy atom. The summed E-state index contributed by atoms with van der Waals surface area (Å²) < 4.78 is 0. The van der Waals surface area contributed by atoms with Crippen molar-refractivity contribution in [1.29, 1.82) is 0 Å². The fraction of sp³-hybridized carbons (Fsp3) is 0.750. The molecule has 1 amide bonds. The van der Waals surface area contributed by atoms with Crippen molar-refractivity contribution in [3.8, 4) is 0 Å². The second-order valence-corrected chi connectivity index (χ2v) is 4.32. The number of amides is 1. The van der Waals surface area contributed by atoms with Crippen molar-refractivity contribution in [3.05, 3.63) is 12.2 Å². The van der Waals surface area contributed by atoms with Crippen LogP contribution in [0.2, 0.25) is 0 Å². The van der Waals surface area contributed by atoms with Crippen LogP contribution in [0.1, 0.15) is 33.1 Å². The van der Waals surface area contributed by atoms with Crippen LogP contribution < -0.4 is 5.32 Å². The number of rotatable bonds is 5. The van der Waals surface area contributed by atoms with E-state index < -0.39 is 0 Å². The van der Waals surface area contributed by atoms with Gasteiger partial charge in [0.15, 0.2) is 0 Å². The van der Waals surface area contributed by atoms with Crippen LogP contribution in [0.5, 0.6) is 0 Å². The van der Waals surface area contributed by atoms with Crippen LogP contribution >= 0.6 is 0 Å². The third-order valence-electron chi connectivity index (χ3n) is 3.14. The molecule has 0 spiro atoms. The van der Waals surface area contributed by atoms with Crippen LogP contribution in [0.3, 0.4) is 0 Å². The van der Waals surface area contributed by atoms with Gasteiger partial charge in [0, 0.05) is 13.0 Å². The number of carbonyl (C=O) groups is 1. The van der Waals surface area contributed by atoms with E-state index >= 15 is 0 Å². The zero-order valence-corrected chi connectivity index (χ0v) is 9.42. The van der Waals surface area contributed by atoms with Crippen LogP contribution in [0.15, 0.2) is 12.2 Å². The number of carbonyl (C=O) groups excluding carboxylic acids is 1. The zero-order chi connectivity index (χ0) is 10.6. The summed E-state index contributed by atoms with van der Waals surface area (Å²) in [7, 11) is 1.72. The molecule has 1 saturated carbocycles. The molecule has 0 aromatic carbocycles. The first kappa shape index (κ1) is 11.3. The molecule has 1 aliphatic rings. The fourth-order valence-corrected chi connectivity index (χ4v) is 1.91. The zero-order valence-electron chi connectivity index (χ0n) is 9.42. The van der Waals surface area contributed by atoms with Gasteiger partial charge in [-0.2, -0.15) is 0 Å². The Kier molecular flexibility index (Phi) is 4.18. The van der Waals surface area contributed by atoms with Crippen molar-refractivity contribution in [1.82, 2.24) is 5.32 Å². The molecule has 0 aromatic heterocycles. The van der Waals surface area contributed by atoms with Gasteiger partial charge >= 0.3 is 0 Å². The fourth-order valence-electron chi connectivity index (χ4n) is 1.91. The Labute approximate surface area is 86.8 Å². The molecule has 1 fully saturated rings. The standard InChI is InChI=1S/C12H21NO/c1-4-5-6-10(12(14)13-3)8-11-7-9(11)2/h4-5,9-11H,6-8H2,1-3H3,(H,13,14)/b5-4+. The molecule has 2 nitrogen and oxygen atoms in total. The first-order valence-corrected chi connectivity index (χ1v) is 5.51. The third-order valence-corrected chi connectivity index (χ3v) is 3.14. The molecule has 1 aliphatic carbocycles. The van der Waals surface area contributed by atoms with Gasteiger partial charge in [0.25, 0.3) is 0 Å². The Bertz CT molecular complexity index is 222. The predicted octanol–water partition coefficient (Wildman–Crippen LogP) is 2.36. The number of hydrogen-bond donors (Lipinski definition) is 1. The van der Waals surface area contributed by atoms with Crippen molar-refractivity contribution < 1.29 is 4.79 Å². The summed E-state index contributed by atoms with van der Waals surface area (Å²) in [6, 6.07) is 0. The molecule has 0 bridgehead atoms. The molecule has 2 heteroatoms. The smallest absolute Gasteiger partial charge is 0.223 e. The monoisotopic (exact) mass is 195 g/mol. The maximum Gasteiger partial charge on any atom is 0.223 e. The Hall–Kier alpha value is -0.790. The highest BCUT2D eigenvalue weighted by Gasteiger charge is 2.35. The van der Waals surface area contributed by atoms with E-state index in [1.165, 1.54) is 6.42 Å². The van der Waals surface area contributed by atoms with Gasteiger partial charge < -0.3 is 5.32 Å². The first-order valence-electron chi connectivity index (χ1n) is 5.51. The molecule has 3 unspecified atom stereocenters. The van der Waals surface area contributed by atoms with Crippen LogP contribution in [0, 0.1) is 17.8 Å². The van der Waals surface area contributed by atoms with Crippen molar-refractivity contribution in [2.45, 2.75) is 33.1 Å². The van der Waals surface area contributed by atoms with Gasteiger partial charge in [-0.15, -0.1) is 0 Å². The van der Waals surface area contributed by atoms with Gasteiger partial charge in [0.1, 0.15) is 0 Å². The second-order valence-electron chi connectivity index (χ2n) is 4.32. The van der Waals surface area contributed by atoms with E-state index in [-0.39, 0.29) is 11.8 Å². The van der Waals surface area contributed by atoms with Crippen molar-refractivity contribution in [3.63, 3.8) is 0 Å². The molecule has 0 aliphatic heterocycles. The molecular formula is C12H21NO. The average molecular weight is 195 g/mol. The quantitative estimate of drug-likeness (QED) is 0.670. The highest BCUT2D eigenvalue weighted by molar-refractivity contribution is 5.78. The lowest BCUT2D eigenvalue weighted by atomic mass is 9.96. The van der Waals surface area contributed by atoms with Crippen LogP contribution in [0.4, 0.5) is 0 Å². The van der Waals surface area contributed by atoms with Crippen molar-refractivity contribution in [2.24, 2.45) is 17.8 Å². The average Bonchev–Trinajstić information content (AvgIpc) is 2.87. The summed E-state index contributed by atoms with van der Waals surface area (Å²) in [6.07, 6.45) is 7.37. The molecule has 3 atom stereocenters. The summed E-state index contributed by atoms with van der Waals surface area (Å²) in [6.45, 7) is 4.27. The van der Waals surface area contributed by atoms with E-state index in [1.54, 1.807) is 7.05 Å². The Balaban J connectivity index is 2.39. The Morgan fingerprint density at radius 1 is 1.64 bits per heavy atom. The topological polar surface area (TPSA) is 29.1 Å². The second kappa shape index (κ2) is 5.18. The summed E-state index contributed by atoms with van der Waals surface area (Å²) in [4.78, 5) is 11.5. The minimum atomic E-state index is 0.186. The Morgan fingerprint density at radius 2 is 2.29 bits per heavy atom. The minimum absolute atomic E-state index is 0.186. The summed E-state index contributed by atoms with van der Waals surface area (Å²) in [5, 5.41) is 2.75. The normalized spacial score (nSPS) is 27.6. The van der Waals surface area contributed by atoms with Gasteiger partial charge in [-0.25, -0.2) is 0 Å². The number of nitrogens with one attached hydrogen (secondary N) is 1. The SMILES string of the molecule is C/C=C/CC(CC1CC1C)C(=O)NC. The summed E-state index contributed by atoms with van der Waals surface area (Å²) in [5.74, 6) is 2.02. The molecular weight excluding hydrogens is 174 g/mol. The molecule has 14 heavy (non-hydrogen) atoms. The van der Waals surface area contributed by atoms with Gasteiger partial charge in [-0.1, -0.05) is 19.1 Å². The van der Waals surface area contributed by atoms with Gasteiger partial charge in [-0.3, -0.25) is 4.79 Å². The summed E-state index contributed by atoms with van der Waals surface area (Å²) in [5.41, 5.74) is 0. The number of hydrogen-bond acceptors (Lipinski definition) is 1. The molecule has 0 aromatic rings. The number of allylic oxidation sites excluding steroid dienone is 2. The maximum absolute atomic E-state index is 11.5. The van der Waals surface area contributed by atoms with E-state index in [0.717, 1.165) is 24.7 Å². The lowest BCUT2D eigenvalue weighted by Gasteiger charge is -2.12. The van der Waals surface area contributed by atoms with Gasteiger partial charge in [0.05, 0.1) is 0 Å². The van der Waals surface area contributed by atoms with E-state index in [1.807, 2.05) is 13.0 Å². The largest absolute Gasteiger partial charge is 0.359 e. The summed E-state index contributed by atoms with van der Waals surface area (Å²) >= 11 is 0. The van der Waals surface area contributed by atoms with Crippen LogP contribution in [0.25, 0.3) is 0 Å². The molecule has 1 N–H and O–H groups in total. The lowest BCUT2D eigenvalue weighted by molar-refractivity contribution is -0.124. The van der Waals surface area contributed by atoms with Crippen LogP contribution in [-0.4, -0.2) is 13.0 Å². The molecule has 0 saturated heterocycles. The highest BCUT2D eigenvalue weighted by Crippen LogP contribution is 2.43. The van der Waals surface area contributed by atoms with Gasteiger partial charge in [-0.05, 0) is 38.0 Å². The maximum atomic E-state index is 11.5. The molecule has 1 rings (SSSR count). The van der Waals surface area contributed by atoms with E-state index in [2.05, 4.69) is 18.3 Å². The molecule has 0 radical (unpaired) electrons. The predicted molar refractivity (Wildman–Crippen MR) is 58.9 cm³/mol. The molecule has 0 heterocycles. The van der Waals surface area contributed by atoms with Gasteiger partial charge in [0.2, 0.25) is 5.91 Å². The minimum Gasteiger partial charge on any atom is -0.359 e. The highest BCUT2D eigenvalue weighted by atomic mass is 16.1. The van der Waals surface area contributed by atoms with Crippen molar-refractivity contribution in [2.75, 3.05) is 7.05 Å². The third kappa shape index (κ3) is 3.17. The van der Waals surface area contributed by atoms with E-state index in [4.69, 9.17) is 0 Å². The first-order chi connectivity index (χ1) is 6.69. The van der Waals surface area contributed by atoms with E-state index in [0.29, 0.717) is 0 Å². The van der Waals surface area contributed by atoms with Crippen LogP contribution in [-0.2, 0) is 4.79 Å². The van der Waals surface area contributed by atoms with E-state index in [9.17, 15) is 4.79 Å². The lowest BCUT2D eigenvalue weighted by Crippen LogP contribution is -2.27.